The number of rotatable bonds is 3. The molecule has 0 aliphatic rings. The van der Waals surface area contributed by atoms with Crippen molar-refractivity contribution in [1.29, 1.82) is 5.26 Å². The molecule has 1 aromatic heterocycles. The van der Waals surface area contributed by atoms with Gasteiger partial charge in [-0.2, -0.15) is 18.4 Å². The fourth-order valence-corrected chi connectivity index (χ4v) is 1.57. The van der Waals surface area contributed by atoms with Crippen LogP contribution in [-0.4, -0.2) is 9.97 Å². The van der Waals surface area contributed by atoms with Gasteiger partial charge in [-0.15, -0.1) is 0 Å². The third-order valence-electron chi connectivity index (χ3n) is 2.48. The molecule has 0 bridgehead atoms. The van der Waals surface area contributed by atoms with Crippen LogP contribution in [-0.2, 0) is 12.7 Å². The molecule has 1 heterocycles. The van der Waals surface area contributed by atoms with E-state index in [2.05, 4.69) is 15.3 Å². The average molecular weight is 266 g/mol. The third kappa shape index (κ3) is 3.04. The van der Waals surface area contributed by atoms with E-state index in [0.29, 0.717) is 12.2 Å². The molecule has 0 radical (unpaired) electrons. The van der Waals surface area contributed by atoms with Crippen molar-refractivity contribution in [3.63, 3.8) is 0 Å². The van der Waals surface area contributed by atoms with Crippen molar-refractivity contribution in [2.24, 2.45) is 0 Å². The van der Waals surface area contributed by atoms with Gasteiger partial charge in [0.1, 0.15) is 0 Å². The molecule has 0 saturated heterocycles. The van der Waals surface area contributed by atoms with Gasteiger partial charge in [0.2, 0.25) is 0 Å². The number of benzene rings is 1. The smallest absolute Gasteiger partial charge is 0.379 e. The molecule has 0 aliphatic heterocycles. The van der Waals surface area contributed by atoms with Crippen molar-refractivity contribution in [2.75, 3.05) is 5.32 Å². The van der Waals surface area contributed by atoms with Crippen molar-refractivity contribution in [2.45, 2.75) is 12.7 Å². The number of nitrogens with one attached hydrogen (secondary N) is 2. The summed E-state index contributed by atoms with van der Waals surface area (Å²) in [4.78, 5) is 6.67. The fraction of sp³-hybridized carbons (Fsp3) is 0.167. The molecule has 2 aromatic rings. The summed E-state index contributed by atoms with van der Waals surface area (Å²) in [7, 11) is 0. The minimum atomic E-state index is -4.52. The van der Waals surface area contributed by atoms with E-state index >= 15 is 0 Å². The highest BCUT2D eigenvalue weighted by Gasteiger charge is 2.33. The Labute approximate surface area is 106 Å². The normalized spacial score (nSPS) is 11.1. The molecule has 0 unspecified atom stereocenters. The molecule has 0 spiro atoms. The topological polar surface area (TPSA) is 64.5 Å². The Morgan fingerprint density at radius 1 is 1.37 bits per heavy atom. The minimum absolute atomic E-state index is 0.385. The van der Waals surface area contributed by atoms with E-state index in [-0.39, 0.29) is 0 Å². The number of imidazole rings is 1. The van der Waals surface area contributed by atoms with E-state index < -0.39 is 17.3 Å². The van der Waals surface area contributed by atoms with E-state index in [1.807, 2.05) is 0 Å². The van der Waals surface area contributed by atoms with Crippen LogP contribution >= 0.6 is 0 Å². The quantitative estimate of drug-likeness (QED) is 0.897. The van der Waals surface area contributed by atoms with Crippen molar-refractivity contribution in [3.05, 3.63) is 47.5 Å². The third-order valence-corrected chi connectivity index (χ3v) is 2.48. The molecule has 0 aliphatic carbocycles. The predicted octanol–water partition coefficient (Wildman–Crippen LogP) is 2.91. The molecule has 1 aromatic carbocycles. The van der Waals surface area contributed by atoms with Crippen LogP contribution in [0.3, 0.4) is 0 Å². The summed E-state index contributed by atoms with van der Waals surface area (Å²) in [6, 6.07) is 4.92. The Morgan fingerprint density at radius 3 is 2.74 bits per heavy atom. The lowest BCUT2D eigenvalue weighted by atomic mass is 10.1. The molecule has 0 amide bonds. The summed E-state index contributed by atoms with van der Waals surface area (Å²) in [5.74, 6) is 0. The van der Waals surface area contributed by atoms with E-state index in [1.165, 1.54) is 18.5 Å². The monoisotopic (exact) mass is 266 g/mol. The van der Waals surface area contributed by atoms with Gasteiger partial charge >= 0.3 is 6.18 Å². The van der Waals surface area contributed by atoms with Crippen LogP contribution in [0.5, 0.6) is 0 Å². The van der Waals surface area contributed by atoms with E-state index in [0.717, 1.165) is 11.8 Å². The zero-order valence-electron chi connectivity index (χ0n) is 9.62. The zero-order valence-corrected chi connectivity index (χ0v) is 9.62. The number of hydrogen-bond donors (Lipinski definition) is 2. The Bertz CT molecular complexity index is 596. The Kier molecular flexibility index (Phi) is 3.42. The lowest BCUT2D eigenvalue weighted by molar-refractivity contribution is -0.137. The number of H-pyrrole nitrogens is 1. The molecular weight excluding hydrogens is 257 g/mol. The number of nitriles is 1. The van der Waals surface area contributed by atoms with Gasteiger partial charge in [0.15, 0.2) is 0 Å². The maximum absolute atomic E-state index is 12.6. The van der Waals surface area contributed by atoms with Crippen LogP contribution in [0.15, 0.2) is 30.7 Å². The van der Waals surface area contributed by atoms with Crippen molar-refractivity contribution in [1.82, 2.24) is 9.97 Å². The van der Waals surface area contributed by atoms with Crippen LogP contribution in [0, 0.1) is 11.3 Å². The molecule has 19 heavy (non-hydrogen) atoms. The lowest BCUT2D eigenvalue weighted by Gasteiger charge is -2.11. The van der Waals surface area contributed by atoms with Crippen LogP contribution in [0.25, 0.3) is 0 Å². The molecular formula is C12H9F3N4. The van der Waals surface area contributed by atoms with Gasteiger partial charge in [-0.25, -0.2) is 4.98 Å². The van der Waals surface area contributed by atoms with Gasteiger partial charge in [-0.1, -0.05) is 0 Å². The average Bonchev–Trinajstić information content (AvgIpc) is 2.88. The van der Waals surface area contributed by atoms with E-state index in [4.69, 9.17) is 5.26 Å². The van der Waals surface area contributed by atoms with E-state index in [1.54, 1.807) is 12.3 Å². The maximum Gasteiger partial charge on any atom is 0.417 e. The van der Waals surface area contributed by atoms with Crippen molar-refractivity contribution >= 4 is 5.69 Å². The van der Waals surface area contributed by atoms with Crippen LogP contribution in [0.4, 0.5) is 18.9 Å². The lowest BCUT2D eigenvalue weighted by Crippen LogP contribution is -2.08. The Balaban J connectivity index is 2.18. The predicted molar refractivity (Wildman–Crippen MR) is 62.1 cm³/mol. The zero-order chi connectivity index (χ0) is 13.9. The molecule has 98 valence electrons. The summed E-state index contributed by atoms with van der Waals surface area (Å²) >= 11 is 0. The molecule has 0 saturated carbocycles. The van der Waals surface area contributed by atoms with Crippen molar-refractivity contribution in [3.8, 4) is 6.07 Å². The molecule has 0 fully saturated rings. The summed E-state index contributed by atoms with van der Waals surface area (Å²) in [5.41, 5.74) is -0.0956. The standard InChI is InChI=1S/C12H9F3N4/c13-12(14,15)11-2-1-9(3-8(11)4-16)18-6-10-5-17-7-19-10/h1-3,5,7,18H,6H2,(H,17,19). The van der Waals surface area contributed by atoms with Gasteiger partial charge in [0, 0.05) is 11.9 Å². The van der Waals surface area contributed by atoms with Gasteiger partial charge in [-0.3, -0.25) is 0 Å². The first-order chi connectivity index (χ1) is 9.00. The SMILES string of the molecule is N#Cc1cc(NCc2cnc[nH]2)ccc1C(F)(F)F. The molecule has 4 nitrogen and oxygen atoms in total. The fourth-order valence-electron chi connectivity index (χ4n) is 1.57. The highest BCUT2D eigenvalue weighted by molar-refractivity contribution is 5.53. The Hall–Kier alpha value is -2.49. The van der Waals surface area contributed by atoms with Crippen molar-refractivity contribution < 1.29 is 13.2 Å². The number of halogens is 3. The minimum Gasteiger partial charge on any atom is -0.379 e. The van der Waals surface area contributed by atoms with Crippen LogP contribution in [0.2, 0.25) is 0 Å². The summed E-state index contributed by atoms with van der Waals surface area (Å²) in [6.45, 7) is 0.385. The first-order valence-electron chi connectivity index (χ1n) is 5.33. The number of aromatic amines is 1. The number of alkyl halides is 3. The second-order valence-electron chi connectivity index (χ2n) is 3.80. The number of aromatic nitrogens is 2. The number of hydrogen-bond acceptors (Lipinski definition) is 3. The van der Waals surface area contributed by atoms with Gasteiger partial charge < -0.3 is 10.3 Å². The van der Waals surface area contributed by atoms with Gasteiger partial charge in [-0.05, 0) is 18.2 Å². The largest absolute Gasteiger partial charge is 0.417 e. The highest BCUT2D eigenvalue weighted by Crippen LogP contribution is 2.32. The van der Waals surface area contributed by atoms with Gasteiger partial charge in [0.05, 0.1) is 35.8 Å². The first-order valence-corrected chi connectivity index (χ1v) is 5.33. The second-order valence-corrected chi connectivity index (χ2v) is 3.80. The highest BCUT2D eigenvalue weighted by atomic mass is 19.4. The van der Waals surface area contributed by atoms with Crippen LogP contribution in [0.1, 0.15) is 16.8 Å². The summed E-state index contributed by atoms with van der Waals surface area (Å²) in [6.07, 6.45) is -1.42. The molecule has 2 rings (SSSR count). The maximum atomic E-state index is 12.6. The number of nitrogens with zero attached hydrogens (tertiary/aromatic N) is 2. The number of anilines is 1. The van der Waals surface area contributed by atoms with Gasteiger partial charge in [0.25, 0.3) is 0 Å². The molecule has 7 heteroatoms. The molecule has 2 N–H and O–H groups in total. The second kappa shape index (κ2) is 5.02. The van der Waals surface area contributed by atoms with E-state index in [9.17, 15) is 13.2 Å². The Morgan fingerprint density at radius 2 is 2.16 bits per heavy atom. The summed E-state index contributed by atoms with van der Waals surface area (Å²) in [5, 5.41) is 11.7. The summed E-state index contributed by atoms with van der Waals surface area (Å²) < 4.78 is 37.8. The first kappa shape index (κ1) is 13.0. The van der Waals surface area contributed by atoms with Crippen LogP contribution < -0.4 is 5.32 Å². The molecule has 0 atom stereocenters.